The lowest BCUT2D eigenvalue weighted by molar-refractivity contribution is -0.118. The number of benzene rings is 3. The van der Waals surface area contributed by atoms with Gasteiger partial charge in [0.2, 0.25) is 11.9 Å². The maximum Gasteiger partial charge on any atom is 0.280 e. The minimum atomic E-state index is -3.30. The number of carbonyl (C=O) groups excluding carboxylic acids is 1. The van der Waals surface area contributed by atoms with Crippen LogP contribution in [0.25, 0.3) is 11.2 Å². The molecule has 2 N–H and O–H groups in total. The molecule has 288 valence electrons. The molecule has 14 nitrogen and oxygen atoms in total. The second-order valence-corrected chi connectivity index (χ2v) is 17.8. The molecule has 0 bridgehead atoms. The van der Waals surface area contributed by atoms with Crippen LogP contribution < -0.4 is 20.3 Å². The van der Waals surface area contributed by atoms with Crippen LogP contribution >= 0.6 is 5.69 Å². The Morgan fingerprint density at radius 1 is 1.07 bits per heavy atom. The number of fused-ring (bicyclic) bond motifs is 1. The van der Waals surface area contributed by atoms with Crippen molar-refractivity contribution >= 4 is 52.8 Å². The number of methoxy groups -OCH3 is 2. The molecule has 2 aromatic heterocycles. The van der Waals surface area contributed by atoms with Gasteiger partial charge in [0, 0.05) is 12.3 Å². The monoisotopic (exact) mass is 803 g/mol. The number of imidazole rings is 1. The molecular formula is C38H40N6O8PS2-. The second kappa shape index (κ2) is 17.5. The van der Waals surface area contributed by atoms with E-state index < -0.39 is 35.3 Å². The maximum absolute atomic E-state index is 13.0. The molecule has 3 heterocycles. The van der Waals surface area contributed by atoms with E-state index >= 15 is 0 Å². The summed E-state index contributed by atoms with van der Waals surface area (Å²) in [5.74, 6) is 0.657. The number of carbonyl (C=O) groups is 1. The lowest BCUT2D eigenvalue weighted by Gasteiger charge is -2.38. The normalized spacial score (nSPS) is 18.2. The minimum Gasteiger partial charge on any atom is -0.691 e. The second-order valence-electron chi connectivity index (χ2n) is 12.9. The van der Waals surface area contributed by atoms with Gasteiger partial charge in [0.1, 0.15) is 29.4 Å². The van der Waals surface area contributed by atoms with Gasteiger partial charge in [-0.1, -0.05) is 80.3 Å². The van der Waals surface area contributed by atoms with Crippen LogP contribution in [-0.2, 0) is 53.0 Å². The van der Waals surface area contributed by atoms with Crippen molar-refractivity contribution in [1.82, 2.24) is 19.5 Å². The first-order chi connectivity index (χ1) is 26.5. The average Bonchev–Trinajstić information content (AvgIpc) is 3.79. The van der Waals surface area contributed by atoms with Crippen molar-refractivity contribution in [2.75, 3.05) is 32.8 Å². The third-order valence-corrected chi connectivity index (χ3v) is 11.2. The van der Waals surface area contributed by atoms with E-state index in [-0.39, 0.29) is 55.0 Å². The van der Waals surface area contributed by atoms with Crippen molar-refractivity contribution in [2.24, 2.45) is 5.92 Å². The number of anilines is 1. The Morgan fingerprint density at radius 2 is 1.69 bits per heavy atom. The molecule has 0 spiro atoms. The molecule has 6 rings (SSSR count). The molecule has 17 heteroatoms. The van der Waals surface area contributed by atoms with Crippen molar-refractivity contribution in [1.29, 1.82) is 5.26 Å². The van der Waals surface area contributed by atoms with Gasteiger partial charge in [-0.15, -0.1) is 0 Å². The minimum absolute atomic E-state index is 0.0191. The molecule has 0 saturated carbocycles. The van der Waals surface area contributed by atoms with E-state index in [0.717, 1.165) is 16.7 Å². The highest BCUT2D eigenvalue weighted by Gasteiger charge is 2.44. The van der Waals surface area contributed by atoms with Crippen LogP contribution in [0.4, 0.5) is 5.95 Å². The van der Waals surface area contributed by atoms with Crippen LogP contribution in [0.1, 0.15) is 49.6 Å². The third kappa shape index (κ3) is 8.95. The van der Waals surface area contributed by atoms with Gasteiger partial charge in [-0.25, -0.2) is 4.98 Å². The number of hydrogen-bond acceptors (Lipinski definition) is 13. The van der Waals surface area contributed by atoms with E-state index in [1.807, 2.05) is 84.9 Å². The van der Waals surface area contributed by atoms with Crippen LogP contribution in [0.3, 0.4) is 0 Å². The number of nitriles is 1. The first-order valence-electron chi connectivity index (χ1n) is 17.4. The zero-order chi connectivity index (χ0) is 39.2. The lowest BCUT2D eigenvalue weighted by atomic mass is 9.80. The van der Waals surface area contributed by atoms with Gasteiger partial charge in [-0.2, -0.15) is 10.2 Å². The molecular weight excluding hydrogens is 764 g/mol. The van der Waals surface area contributed by atoms with Gasteiger partial charge >= 0.3 is 0 Å². The molecule has 1 fully saturated rings. The summed E-state index contributed by atoms with van der Waals surface area (Å²) in [7, 11) is 3.21. The number of rotatable bonds is 16. The number of nitrogens with one attached hydrogen (secondary N) is 2. The van der Waals surface area contributed by atoms with Crippen LogP contribution in [0.15, 0.2) is 90.0 Å². The number of H-pyrrole nitrogens is 1. The molecule has 5 aromatic rings. The highest BCUT2D eigenvalue weighted by atomic mass is 32.9. The fourth-order valence-corrected chi connectivity index (χ4v) is 8.31. The smallest absolute Gasteiger partial charge is 0.280 e. The zero-order valence-corrected chi connectivity index (χ0v) is 33.1. The molecule has 1 unspecified atom stereocenters. The van der Waals surface area contributed by atoms with Crippen molar-refractivity contribution in [3.05, 3.63) is 112 Å². The van der Waals surface area contributed by atoms with Gasteiger partial charge in [0.05, 0.1) is 58.0 Å². The fraction of sp³-hybridized carbons (Fsp3) is 0.342. The Bertz CT molecular complexity index is 2200. The summed E-state index contributed by atoms with van der Waals surface area (Å²) in [5, 5.41) is 11.7. The number of aromatic amines is 1. The van der Waals surface area contributed by atoms with Crippen molar-refractivity contribution in [3.8, 4) is 17.6 Å². The number of ether oxygens (including phenoxy) is 4. The molecule has 55 heavy (non-hydrogen) atoms. The number of nitrogens with zero attached hydrogens (tertiary/aromatic N) is 4. The van der Waals surface area contributed by atoms with Crippen molar-refractivity contribution in [3.63, 3.8) is 0 Å². The van der Waals surface area contributed by atoms with Crippen molar-refractivity contribution in [2.45, 2.75) is 50.7 Å². The Morgan fingerprint density at radius 3 is 2.27 bits per heavy atom. The summed E-state index contributed by atoms with van der Waals surface area (Å²) < 4.78 is 38.5. The number of amides is 1. The standard InChI is InChI=1S/C38H41N6O8PS2/c1-24(2)35(45)42-37-41-34-33(36(46)43-37)40-23-44(34)32-21-30(52-53(54,55)50-20-8-19-39)31(51-32)22-49-38(25-9-6-5-7-10-25,26-11-15-28(47-3)16-12-26)27-13-17-29(48-4)18-14-27/h5-7,9-18,23-24,30-32H,8,20-22H2,1-4H3,(H,54,55)(H2,41,42,43,45,46)/p-1/t30-,31+,32+/m0/s1. The molecule has 1 aliphatic rings. The largest absolute Gasteiger partial charge is 0.691 e. The first-order valence-corrected chi connectivity index (χ1v) is 21.1. The van der Waals surface area contributed by atoms with Gasteiger partial charge in [0.25, 0.3) is 5.56 Å². The topological polar surface area (TPSA) is 172 Å². The van der Waals surface area contributed by atoms with E-state index in [2.05, 4.69) is 20.3 Å². The number of aromatic nitrogens is 4. The maximum atomic E-state index is 13.0. The quantitative estimate of drug-likeness (QED) is 0.0507. The SMILES string of the molecule is COc1ccc(C(OC[C@H]2O[C@@H](n3cnc4c(=O)[nH]c(NC(=O)C(C)C)nc43)C[C@@H]2OP(=S)([S-])OCCC#N)(c2ccccc2)c2ccc(OC)cc2)cc1. The average molecular weight is 804 g/mol. The molecule has 4 atom stereocenters. The fourth-order valence-electron chi connectivity index (χ4n) is 6.27. The van der Waals surface area contributed by atoms with Crippen LogP contribution in [-0.4, -0.2) is 65.1 Å². The summed E-state index contributed by atoms with van der Waals surface area (Å²) in [6, 6.07) is 27.1. The Kier molecular flexibility index (Phi) is 12.7. The van der Waals surface area contributed by atoms with E-state index in [9.17, 15) is 9.59 Å². The zero-order valence-electron chi connectivity index (χ0n) is 30.5. The predicted octanol–water partition coefficient (Wildman–Crippen LogP) is 6.11. The van der Waals surface area contributed by atoms with Crippen LogP contribution in [0.2, 0.25) is 0 Å². The van der Waals surface area contributed by atoms with E-state index in [0.29, 0.717) is 11.5 Å². The van der Waals surface area contributed by atoms with Gasteiger partial charge in [-0.05, 0) is 41.0 Å². The molecule has 1 aliphatic heterocycles. The van der Waals surface area contributed by atoms with E-state index in [1.54, 1.807) is 32.6 Å². The van der Waals surface area contributed by atoms with Crippen LogP contribution in [0.5, 0.6) is 11.5 Å². The molecule has 3 aromatic carbocycles. The van der Waals surface area contributed by atoms with Gasteiger partial charge < -0.3 is 40.2 Å². The summed E-state index contributed by atoms with van der Waals surface area (Å²) in [6.07, 6.45) is -0.577. The van der Waals surface area contributed by atoms with Gasteiger partial charge in [0.15, 0.2) is 11.2 Å². The van der Waals surface area contributed by atoms with E-state index in [4.69, 9.17) is 57.3 Å². The molecule has 0 aliphatic carbocycles. The highest BCUT2D eigenvalue weighted by Crippen LogP contribution is 2.51. The molecule has 0 radical (unpaired) electrons. The molecule has 1 amide bonds. The highest BCUT2D eigenvalue weighted by molar-refractivity contribution is 8.51. The predicted molar refractivity (Wildman–Crippen MR) is 211 cm³/mol. The lowest BCUT2D eigenvalue weighted by Crippen LogP contribution is -2.38. The van der Waals surface area contributed by atoms with Gasteiger partial charge in [-0.3, -0.25) is 24.5 Å². The number of hydrogen-bond donors (Lipinski definition) is 2. The first kappa shape index (κ1) is 40.1. The third-order valence-electron chi connectivity index (χ3n) is 9.05. The van der Waals surface area contributed by atoms with Crippen molar-refractivity contribution < 1.29 is 32.8 Å². The Labute approximate surface area is 328 Å². The van der Waals surface area contributed by atoms with Crippen LogP contribution in [0, 0.1) is 17.2 Å². The summed E-state index contributed by atoms with van der Waals surface area (Å²) in [6.45, 7) is 3.44. The summed E-state index contributed by atoms with van der Waals surface area (Å²) >= 11 is 11.3. The van der Waals surface area contributed by atoms with E-state index in [1.165, 1.54) is 6.33 Å². The summed E-state index contributed by atoms with van der Waals surface area (Å²) in [5.41, 5.74) is -2.31. The Balaban J connectivity index is 1.41. The summed E-state index contributed by atoms with van der Waals surface area (Å²) in [4.78, 5) is 36.9. The molecule has 1 saturated heterocycles. The Hall–Kier alpha value is -4.59.